The van der Waals surface area contributed by atoms with E-state index >= 15 is 0 Å². The Kier molecular flexibility index (Phi) is 3.10. The van der Waals surface area contributed by atoms with Gasteiger partial charge in [-0.1, -0.05) is 31.2 Å². The van der Waals surface area contributed by atoms with Gasteiger partial charge in [0.05, 0.1) is 5.57 Å². The van der Waals surface area contributed by atoms with Gasteiger partial charge in [0.1, 0.15) is 6.07 Å². The van der Waals surface area contributed by atoms with Gasteiger partial charge in [-0.3, -0.25) is 4.79 Å². The Morgan fingerprint density at radius 3 is 2.80 bits per heavy atom. The predicted octanol–water partition coefficient (Wildman–Crippen LogP) is 2.94. The molecule has 0 bridgehead atoms. The summed E-state index contributed by atoms with van der Waals surface area (Å²) in [4.78, 5) is 14.3. The minimum atomic E-state index is -0.0367. The van der Waals surface area contributed by atoms with Gasteiger partial charge in [0.2, 0.25) is 0 Å². The molecule has 1 aromatic carbocycles. The molecule has 0 saturated carbocycles. The number of benzene rings is 1. The Morgan fingerprint density at radius 1 is 1.35 bits per heavy atom. The summed E-state index contributed by atoms with van der Waals surface area (Å²) in [6, 6.07) is 12.4. The molecule has 2 unspecified atom stereocenters. The quantitative estimate of drug-likeness (QED) is 0.785. The summed E-state index contributed by atoms with van der Waals surface area (Å²) in [6.07, 6.45) is 3.82. The molecule has 1 heterocycles. The standard InChI is InChI=1S/C17H18N2O/c1-13-9-17(10-14(11-18)16(13)20)7-8-19(12-17)15-5-3-2-4-6-15/h2-6,10,13H,7-9,12H2,1H3. The molecule has 2 aliphatic rings. The second kappa shape index (κ2) is 4.79. The highest BCUT2D eigenvalue weighted by Crippen LogP contribution is 2.44. The predicted molar refractivity (Wildman–Crippen MR) is 78.2 cm³/mol. The van der Waals surface area contributed by atoms with Crippen molar-refractivity contribution in [2.75, 3.05) is 18.0 Å². The number of rotatable bonds is 1. The lowest BCUT2D eigenvalue weighted by Crippen LogP contribution is -2.34. The van der Waals surface area contributed by atoms with Crippen molar-refractivity contribution in [2.45, 2.75) is 19.8 Å². The van der Waals surface area contributed by atoms with Gasteiger partial charge in [-0.05, 0) is 25.0 Å². The Bertz CT molecular complexity index is 599. The molecule has 20 heavy (non-hydrogen) atoms. The maximum absolute atomic E-state index is 11.9. The number of nitriles is 1. The van der Waals surface area contributed by atoms with Gasteiger partial charge in [-0.15, -0.1) is 0 Å². The molecule has 0 amide bonds. The van der Waals surface area contributed by atoms with Crippen LogP contribution in [0.1, 0.15) is 19.8 Å². The number of anilines is 1. The fourth-order valence-electron chi connectivity index (χ4n) is 3.53. The van der Waals surface area contributed by atoms with Crippen molar-refractivity contribution < 1.29 is 4.79 Å². The molecule has 3 heteroatoms. The lowest BCUT2D eigenvalue weighted by atomic mass is 9.71. The van der Waals surface area contributed by atoms with Gasteiger partial charge in [0.25, 0.3) is 0 Å². The van der Waals surface area contributed by atoms with Crippen molar-refractivity contribution >= 4 is 11.5 Å². The van der Waals surface area contributed by atoms with Crippen LogP contribution in [0, 0.1) is 22.7 Å². The minimum absolute atomic E-state index is 0.00572. The van der Waals surface area contributed by atoms with Crippen molar-refractivity contribution in [1.29, 1.82) is 5.26 Å². The first-order chi connectivity index (χ1) is 9.63. The molecule has 1 aromatic rings. The molecule has 3 rings (SSSR count). The highest BCUT2D eigenvalue weighted by Gasteiger charge is 2.43. The van der Waals surface area contributed by atoms with E-state index in [1.807, 2.05) is 31.2 Å². The van der Waals surface area contributed by atoms with Gasteiger partial charge >= 0.3 is 0 Å². The Balaban J connectivity index is 1.88. The Hall–Kier alpha value is -2.08. The smallest absolute Gasteiger partial charge is 0.175 e. The van der Waals surface area contributed by atoms with Crippen molar-refractivity contribution in [3.05, 3.63) is 42.0 Å². The third-order valence-corrected chi connectivity index (χ3v) is 4.50. The van der Waals surface area contributed by atoms with Crippen LogP contribution in [0.15, 0.2) is 42.0 Å². The van der Waals surface area contributed by atoms with E-state index in [2.05, 4.69) is 23.1 Å². The average molecular weight is 266 g/mol. The first-order valence-electron chi connectivity index (χ1n) is 7.11. The van der Waals surface area contributed by atoms with Crippen molar-refractivity contribution in [1.82, 2.24) is 0 Å². The van der Waals surface area contributed by atoms with E-state index in [0.717, 1.165) is 25.9 Å². The zero-order chi connectivity index (χ0) is 14.2. The average Bonchev–Trinajstić information content (AvgIpc) is 2.88. The SMILES string of the molecule is CC1CC2(C=C(C#N)C1=O)CCN(c1ccccc1)C2. The van der Waals surface area contributed by atoms with E-state index in [4.69, 9.17) is 5.26 Å². The first kappa shape index (κ1) is 12.9. The van der Waals surface area contributed by atoms with E-state index in [1.165, 1.54) is 5.69 Å². The molecule has 1 spiro atoms. The number of ketones is 1. The number of nitrogens with zero attached hydrogens (tertiary/aromatic N) is 2. The van der Waals surface area contributed by atoms with E-state index < -0.39 is 0 Å². The molecule has 1 aliphatic heterocycles. The third kappa shape index (κ3) is 2.12. The molecule has 0 radical (unpaired) electrons. The molecule has 1 fully saturated rings. The van der Waals surface area contributed by atoms with Crippen molar-refractivity contribution in [3.63, 3.8) is 0 Å². The number of hydrogen-bond acceptors (Lipinski definition) is 3. The lowest BCUT2D eigenvalue weighted by Gasteiger charge is -2.33. The zero-order valence-corrected chi connectivity index (χ0v) is 11.7. The number of Topliss-reactive ketones (excluding diaryl/α,β-unsaturated/α-hetero) is 1. The van der Waals surface area contributed by atoms with E-state index in [-0.39, 0.29) is 17.1 Å². The molecule has 3 nitrogen and oxygen atoms in total. The number of carbonyl (C=O) groups is 1. The molecule has 2 atom stereocenters. The maximum Gasteiger partial charge on any atom is 0.175 e. The molecule has 1 aliphatic carbocycles. The van der Waals surface area contributed by atoms with E-state index in [0.29, 0.717) is 5.57 Å². The van der Waals surface area contributed by atoms with Crippen LogP contribution in [-0.4, -0.2) is 18.9 Å². The molecule has 102 valence electrons. The lowest BCUT2D eigenvalue weighted by molar-refractivity contribution is -0.119. The van der Waals surface area contributed by atoms with E-state index in [9.17, 15) is 4.79 Å². The number of carbonyl (C=O) groups excluding carboxylic acids is 1. The summed E-state index contributed by atoms with van der Waals surface area (Å²) in [5, 5.41) is 9.15. The Labute approximate surface area is 119 Å². The summed E-state index contributed by atoms with van der Waals surface area (Å²) >= 11 is 0. The topological polar surface area (TPSA) is 44.1 Å². The van der Waals surface area contributed by atoms with Crippen LogP contribution in [0.5, 0.6) is 0 Å². The number of allylic oxidation sites excluding steroid dienone is 1. The van der Waals surface area contributed by atoms with E-state index in [1.54, 1.807) is 0 Å². The number of hydrogen-bond donors (Lipinski definition) is 0. The summed E-state index contributed by atoms with van der Waals surface area (Å²) < 4.78 is 0. The zero-order valence-electron chi connectivity index (χ0n) is 11.7. The van der Waals surface area contributed by atoms with Gasteiger partial charge in [-0.25, -0.2) is 0 Å². The third-order valence-electron chi connectivity index (χ3n) is 4.50. The van der Waals surface area contributed by atoms with Crippen LogP contribution < -0.4 is 4.90 Å². The van der Waals surface area contributed by atoms with Gasteiger partial charge in [0.15, 0.2) is 5.78 Å². The maximum atomic E-state index is 11.9. The highest BCUT2D eigenvalue weighted by molar-refractivity contribution is 6.01. The van der Waals surface area contributed by atoms with Crippen molar-refractivity contribution in [3.8, 4) is 6.07 Å². The summed E-state index contributed by atoms with van der Waals surface area (Å²) in [5.41, 5.74) is 1.58. The Morgan fingerprint density at radius 2 is 2.10 bits per heavy atom. The van der Waals surface area contributed by atoms with Gasteiger partial charge < -0.3 is 4.90 Å². The normalized spacial score (nSPS) is 29.4. The summed E-state index contributed by atoms with van der Waals surface area (Å²) in [5.74, 6) is -0.0262. The second-order valence-corrected chi connectivity index (χ2v) is 6.01. The van der Waals surface area contributed by atoms with Crippen LogP contribution in [0.2, 0.25) is 0 Å². The largest absolute Gasteiger partial charge is 0.371 e. The van der Waals surface area contributed by atoms with Gasteiger partial charge in [0, 0.05) is 30.1 Å². The first-order valence-corrected chi connectivity index (χ1v) is 7.11. The monoisotopic (exact) mass is 266 g/mol. The summed E-state index contributed by atoms with van der Waals surface area (Å²) in [6.45, 7) is 3.83. The molecule has 0 N–H and O–H groups in total. The summed E-state index contributed by atoms with van der Waals surface area (Å²) in [7, 11) is 0. The minimum Gasteiger partial charge on any atom is -0.371 e. The van der Waals surface area contributed by atoms with Crippen LogP contribution in [0.4, 0.5) is 5.69 Å². The second-order valence-electron chi connectivity index (χ2n) is 6.01. The van der Waals surface area contributed by atoms with Crippen LogP contribution in [0.25, 0.3) is 0 Å². The number of para-hydroxylation sites is 1. The van der Waals surface area contributed by atoms with Crippen LogP contribution in [-0.2, 0) is 4.79 Å². The molecule has 1 saturated heterocycles. The van der Waals surface area contributed by atoms with Gasteiger partial charge in [-0.2, -0.15) is 5.26 Å². The van der Waals surface area contributed by atoms with Crippen LogP contribution in [0.3, 0.4) is 0 Å². The molecular formula is C17H18N2O. The fourth-order valence-corrected chi connectivity index (χ4v) is 3.53. The molecule has 0 aromatic heterocycles. The molecular weight excluding hydrogens is 248 g/mol. The van der Waals surface area contributed by atoms with Crippen LogP contribution >= 0.6 is 0 Å². The van der Waals surface area contributed by atoms with Crippen molar-refractivity contribution in [2.24, 2.45) is 11.3 Å². The fraction of sp³-hybridized carbons (Fsp3) is 0.412. The highest BCUT2D eigenvalue weighted by atomic mass is 16.1.